The molecule has 0 aliphatic rings. The maximum atomic E-state index is 4.59. The second-order valence-electron chi connectivity index (χ2n) is 4.64. The highest BCUT2D eigenvalue weighted by molar-refractivity contribution is 5.78. The van der Waals surface area contributed by atoms with Gasteiger partial charge >= 0.3 is 0 Å². The van der Waals surface area contributed by atoms with Gasteiger partial charge in [0.15, 0.2) is 0 Å². The third kappa shape index (κ3) is 2.17. The Bertz CT molecular complexity index is 715. The van der Waals surface area contributed by atoms with E-state index < -0.39 is 0 Å². The molecule has 0 aliphatic heterocycles. The first-order chi connectivity index (χ1) is 9.25. The minimum absolute atomic E-state index is 0.733. The van der Waals surface area contributed by atoms with E-state index in [1.807, 2.05) is 43.7 Å². The highest BCUT2D eigenvalue weighted by Crippen LogP contribution is 2.18. The van der Waals surface area contributed by atoms with Crippen molar-refractivity contribution in [3.63, 3.8) is 0 Å². The summed E-state index contributed by atoms with van der Waals surface area (Å²) in [4.78, 5) is 8.74. The maximum absolute atomic E-state index is 4.59. The second-order valence-corrected chi connectivity index (χ2v) is 4.64. The normalized spacial score (nSPS) is 10.8. The zero-order valence-electron chi connectivity index (χ0n) is 11.1. The van der Waals surface area contributed by atoms with E-state index in [4.69, 9.17) is 0 Å². The van der Waals surface area contributed by atoms with E-state index in [9.17, 15) is 0 Å². The molecule has 0 fully saturated rings. The van der Waals surface area contributed by atoms with Crippen LogP contribution < -0.4 is 5.32 Å². The largest absolute Gasteiger partial charge is 0.351 e. The summed E-state index contributed by atoms with van der Waals surface area (Å²) in [5.74, 6) is 0.879. The molecule has 3 rings (SSSR count). The van der Waals surface area contributed by atoms with Crippen LogP contribution in [-0.2, 0) is 13.6 Å². The van der Waals surface area contributed by atoms with Crippen molar-refractivity contribution < 1.29 is 0 Å². The molecule has 0 bridgehead atoms. The minimum Gasteiger partial charge on any atom is -0.351 e. The van der Waals surface area contributed by atoms with Gasteiger partial charge in [-0.25, -0.2) is 4.98 Å². The van der Waals surface area contributed by atoms with Crippen molar-refractivity contribution in [2.45, 2.75) is 13.5 Å². The lowest BCUT2D eigenvalue weighted by molar-refractivity contribution is 0.923. The maximum Gasteiger partial charge on any atom is 0.203 e. The van der Waals surface area contributed by atoms with Gasteiger partial charge in [0.1, 0.15) is 0 Å². The number of aryl methyl sites for hydroxylation is 2. The first kappa shape index (κ1) is 11.7. The Morgan fingerprint density at radius 2 is 2.05 bits per heavy atom. The predicted molar refractivity (Wildman–Crippen MR) is 77.0 cm³/mol. The number of aromatic nitrogens is 3. The molecule has 0 aliphatic carbocycles. The van der Waals surface area contributed by atoms with Gasteiger partial charge in [0.25, 0.3) is 0 Å². The summed E-state index contributed by atoms with van der Waals surface area (Å²) >= 11 is 0. The monoisotopic (exact) mass is 252 g/mol. The predicted octanol–water partition coefficient (Wildman–Crippen LogP) is 2.89. The lowest BCUT2D eigenvalue weighted by Gasteiger charge is -2.08. The summed E-state index contributed by atoms with van der Waals surface area (Å²) in [7, 11) is 2.02. The van der Waals surface area contributed by atoms with E-state index in [1.165, 1.54) is 11.1 Å². The smallest absolute Gasteiger partial charge is 0.203 e. The summed E-state index contributed by atoms with van der Waals surface area (Å²) in [5, 5.41) is 3.37. The third-order valence-electron chi connectivity index (χ3n) is 3.37. The van der Waals surface area contributed by atoms with Crippen LogP contribution >= 0.6 is 0 Å². The van der Waals surface area contributed by atoms with Crippen molar-refractivity contribution in [1.82, 2.24) is 14.5 Å². The Morgan fingerprint density at radius 1 is 1.21 bits per heavy atom. The molecule has 0 unspecified atom stereocenters. The van der Waals surface area contributed by atoms with Crippen LogP contribution in [0.1, 0.15) is 11.1 Å². The highest BCUT2D eigenvalue weighted by atomic mass is 15.2. The Labute approximate surface area is 112 Å². The Kier molecular flexibility index (Phi) is 2.91. The van der Waals surface area contributed by atoms with Crippen LogP contribution in [0.2, 0.25) is 0 Å². The van der Waals surface area contributed by atoms with E-state index in [0.717, 1.165) is 23.5 Å². The Morgan fingerprint density at radius 3 is 2.84 bits per heavy atom. The molecule has 2 heterocycles. The number of imidazole rings is 1. The summed E-state index contributed by atoms with van der Waals surface area (Å²) in [5.41, 5.74) is 4.57. The quantitative estimate of drug-likeness (QED) is 0.779. The van der Waals surface area contributed by atoms with Crippen LogP contribution in [0.15, 0.2) is 42.7 Å². The Hall–Kier alpha value is -2.36. The van der Waals surface area contributed by atoms with Crippen LogP contribution in [0.3, 0.4) is 0 Å². The number of fused-ring (bicyclic) bond motifs is 1. The number of nitrogens with one attached hydrogen (secondary N) is 1. The van der Waals surface area contributed by atoms with E-state index in [0.29, 0.717) is 0 Å². The molecule has 2 aromatic heterocycles. The van der Waals surface area contributed by atoms with Crippen LogP contribution in [0.5, 0.6) is 0 Å². The fourth-order valence-electron chi connectivity index (χ4n) is 2.16. The summed E-state index contributed by atoms with van der Waals surface area (Å²) in [6, 6.07) is 10.1. The molecular formula is C15H16N4. The van der Waals surface area contributed by atoms with Crippen LogP contribution in [0, 0.1) is 6.92 Å². The third-order valence-corrected chi connectivity index (χ3v) is 3.37. The van der Waals surface area contributed by atoms with E-state index in [1.54, 1.807) is 0 Å². The number of anilines is 1. The zero-order valence-corrected chi connectivity index (χ0v) is 11.1. The average molecular weight is 252 g/mol. The number of rotatable bonds is 3. The molecule has 1 N–H and O–H groups in total. The van der Waals surface area contributed by atoms with Gasteiger partial charge in [0, 0.05) is 26.0 Å². The van der Waals surface area contributed by atoms with Crippen molar-refractivity contribution >= 4 is 17.0 Å². The fraction of sp³-hybridized carbons (Fsp3) is 0.200. The number of benzene rings is 1. The Balaban J connectivity index is 1.86. The molecule has 0 saturated carbocycles. The van der Waals surface area contributed by atoms with Gasteiger partial charge in [-0.15, -0.1) is 0 Å². The lowest BCUT2D eigenvalue weighted by Crippen LogP contribution is -2.06. The van der Waals surface area contributed by atoms with Gasteiger partial charge in [-0.05, 0) is 36.2 Å². The number of para-hydroxylation sites is 2. The molecule has 19 heavy (non-hydrogen) atoms. The second kappa shape index (κ2) is 4.72. The van der Waals surface area contributed by atoms with Gasteiger partial charge in [0.2, 0.25) is 5.95 Å². The first-order valence-corrected chi connectivity index (χ1v) is 6.30. The molecule has 1 aromatic carbocycles. The van der Waals surface area contributed by atoms with Gasteiger partial charge in [0.05, 0.1) is 11.0 Å². The molecule has 4 nitrogen and oxygen atoms in total. The zero-order chi connectivity index (χ0) is 13.2. The minimum atomic E-state index is 0.733. The molecule has 0 radical (unpaired) electrons. The molecule has 3 aromatic rings. The van der Waals surface area contributed by atoms with Gasteiger partial charge < -0.3 is 9.88 Å². The van der Waals surface area contributed by atoms with Crippen molar-refractivity contribution in [3.05, 3.63) is 53.9 Å². The van der Waals surface area contributed by atoms with Crippen LogP contribution in [0.4, 0.5) is 5.95 Å². The van der Waals surface area contributed by atoms with E-state index >= 15 is 0 Å². The van der Waals surface area contributed by atoms with Crippen molar-refractivity contribution in [2.24, 2.45) is 7.05 Å². The van der Waals surface area contributed by atoms with Crippen molar-refractivity contribution in [2.75, 3.05) is 5.32 Å². The number of hydrogen-bond acceptors (Lipinski definition) is 3. The average Bonchev–Trinajstić information content (AvgIpc) is 2.75. The lowest BCUT2D eigenvalue weighted by atomic mass is 10.2. The molecule has 96 valence electrons. The topological polar surface area (TPSA) is 42.7 Å². The molecule has 0 spiro atoms. The van der Waals surface area contributed by atoms with Crippen LogP contribution in [0.25, 0.3) is 11.0 Å². The SMILES string of the molecule is Cc1ccncc1CNc1nc2ccccc2n1C. The first-order valence-electron chi connectivity index (χ1n) is 6.30. The molecule has 0 amide bonds. The molecule has 0 saturated heterocycles. The standard InChI is InChI=1S/C15H16N4/c1-11-7-8-16-9-12(11)10-17-15-18-13-5-3-4-6-14(13)19(15)2/h3-9H,10H2,1-2H3,(H,17,18). The van der Waals surface area contributed by atoms with Crippen LogP contribution in [-0.4, -0.2) is 14.5 Å². The van der Waals surface area contributed by atoms with E-state index in [-0.39, 0.29) is 0 Å². The number of pyridine rings is 1. The molecule has 4 heteroatoms. The van der Waals surface area contributed by atoms with Gasteiger partial charge in [-0.2, -0.15) is 0 Å². The summed E-state index contributed by atoms with van der Waals surface area (Å²) < 4.78 is 2.07. The number of nitrogens with zero attached hydrogens (tertiary/aromatic N) is 3. The molecular weight excluding hydrogens is 236 g/mol. The van der Waals surface area contributed by atoms with Gasteiger partial charge in [-0.1, -0.05) is 12.1 Å². The fourth-order valence-corrected chi connectivity index (χ4v) is 2.16. The highest BCUT2D eigenvalue weighted by Gasteiger charge is 2.06. The number of hydrogen-bond donors (Lipinski definition) is 1. The summed E-state index contributed by atoms with van der Waals surface area (Å²) in [6.07, 6.45) is 3.71. The van der Waals surface area contributed by atoms with E-state index in [2.05, 4.69) is 32.8 Å². The molecule has 0 atom stereocenters. The summed E-state index contributed by atoms with van der Waals surface area (Å²) in [6.45, 7) is 2.82. The van der Waals surface area contributed by atoms with Crippen molar-refractivity contribution in [3.8, 4) is 0 Å². The van der Waals surface area contributed by atoms with Gasteiger partial charge in [-0.3, -0.25) is 4.98 Å². The van der Waals surface area contributed by atoms with Crippen molar-refractivity contribution in [1.29, 1.82) is 0 Å².